The van der Waals surface area contributed by atoms with Gasteiger partial charge in [0.15, 0.2) is 11.6 Å². The van der Waals surface area contributed by atoms with E-state index in [1.165, 1.54) is 0 Å². The summed E-state index contributed by atoms with van der Waals surface area (Å²) in [6.07, 6.45) is 0. The summed E-state index contributed by atoms with van der Waals surface area (Å²) in [6, 6.07) is 6.52. The van der Waals surface area contributed by atoms with Crippen LogP contribution in [0.15, 0.2) is 29.2 Å². The van der Waals surface area contributed by atoms with E-state index in [1.807, 2.05) is 0 Å². The summed E-state index contributed by atoms with van der Waals surface area (Å²) in [5, 5.41) is 0.520. The zero-order valence-corrected chi connectivity index (χ0v) is 10.8. The molecule has 0 aliphatic heterocycles. The Morgan fingerprint density at radius 1 is 0.947 bits per heavy atom. The van der Waals surface area contributed by atoms with Gasteiger partial charge in [0.2, 0.25) is 0 Å². The SMILES string of the molecule is Fc1nc(F)c(F)c(SCc2ccc(Cl)cc2)c1F. The Bertz CT molecular complexity index is 577. The van der Waals surface area contributed by atoms with E-state index in [2.05, 4.69) is 4.98 Å². The number of hydrogen-bond acceptors (Lipinski definition) is 2. The molecule has 0 atom stereocenters. The molecule has 0 saturated carbocycles. The van der Waals surface area contributed by atoms with Crippen LogP contribution in [0.1, 0.15) is 5.56 Å². The van der Waals surface area contributed by atoms with Crippen LogP contribution in [0.3, 0.4) is 0 Å². The molecular formula is C12H6ClF4NS. The lowest BCUT2D eigenvalue weighted by Gasteiger charge is -2.06. The van der Waals surface area contributed by atoms with Crippen molar-refractivity contribution in [1.82, 2.24) is 4.98 Å². The molecule has 0 saturated heterocycles. The monoisotopic (exact) mass is 307 g/mol. The number of rotatable bonds is 3. The Morgan fingerprint density at radius 2 is 1.47 bits per heavy atom. The van der Waals surface area contributed by atoms with E-state index < -0.39 is 28.4 Å². The molecule has 19 heavy (non-hydrogen) atoms. The number of nitrogens with zero attached hydrogens (tertiary/aromatic N) is 1. The first-order valence-electron chi connectivity index (χ1n) is 5.06. The molecule has 0 aliphatic carbocycles. The Morgan fingerprint density at radius 3 is 2.00 bits per heavy atom. The number of thioether (sulfide) groups is 1. The first kappa shape index (κ1) is 14.1. The molecule has 1 nitrogen and oxygen atoms in total. The van der Waals surface area contributed by atoms with Crippen LogP contribution < -0.4 is 0 Å². The molecular weight excluding hydrogens is 302 g/mol. The second kappa shape index (κ2) is 5.79. The second-order valence-corrected chi connectivity index (χ2v) is 4.99. The molecule has 0 N–H and O–H groups in total. The fraction of sp³-hybridized carbons (Fsp3) is 0.0833. The number of halogens is 5. The summed E-state index contributed by atoms with van der Waals surface area (Å²) in [7, 11) is 0. The summed E-state index contributed by atoms with van der Waals surface area (Å²) in [5.41, 5.74) is 0.714. The van der Waals surface area contributed by atoms with Gasteiger partial charge in [0.25, 0.3) is 11.9 Å². The summed E-state index contributed by atoms with van der Waals surface area (Å²) in [6.45, 7) is 0. The fourth-order valence-electron chi connectivity index (χ4n) is 1.33. The topological polar surface area (TPSA) is 12.9 Å². The van der Waals surface area contributed by atoms with Crippen LogP contribution in [0.25, 0.3) is 0 Å². The summed E-state index contributed by atoms with van der Waals surface area (Å²) < 4.78 is 52.4. The van der Waals surface area contributed by atoms with E-state index >= 15 is 0 Å². The quantitative estimate of drug-likeness (QED) is 0.467. The maximum absolute atomic E-state index is 13.3. The molecule has 2 rings (SSSR count). The molecule has 0 spiro atoms. The number of pyridine rings is 1. The maximum Gasteiger partial charge on any atom is 0.252 e. The highest BCUT2D eigenvalue weighted by atomic mass is 35.5. The smallest absolute Gasteiger partial charge is 0.201 e. The largest absolute Gasteiger partial charge is 0.252 e. The highest BCUT2D eigenvalue weighted by Crippen LogP contribution is 2.30. The Kier molecular flexibility index (Phi) is 4.31. The van der Waals surface area contributed by atoms with Gasteiger partial charge < -0.3 is 0 Å². The molecule has 0 aliphatic rings. The van der Waals surface area contributed by atoms with E-state index in [1.54, 1.807) is 24.3 Å². The van der Waals surface area contributed by atoms with Crippen LogP contribution in [0.4, 0.5) is 17.6 Å². The molecule has 0 amide bonds. The van der Waals surface area contributed by atoms with Gasteiger partial charge in [-0.1, -0.05) is 23.7 Å². The van der Waals surface area contributed by atoms with Gasteiger partial charge in [-0.15, -0.1) is 11.8 Å². The molecule has 1 aromatic carbocycles. The molecule has 1 aromatic heterocycles. The van der Waals surface area contributed by atoms with Gasteiger partial charge in [0.1, 0.15) is 0 Å². The van der Waals surface area contributed by atoms with Crippen LogP contribution in [0.2, 0.25) is 5.02 Å². The predicted octanol–water partition coefficient (Wildman–Crippen LogP) is 4.58. The van der Waals surface area contributed by atoms with Crippen molar-refractivity contribution < 1.29 is 17.6 Å². The van der Waals surface area contributed by atoms with Crippen molar-refractivity contribution in [2.45, 2.75) is 10.6 Å². The van der Waals surface area contributed by atoms with Gasteiger partial charge in [-0.05, 0) is 17.7 Å². The van der Waals surface area contributed by atoms with Crippen molar-refractivity contribution in [2.24, 2.45) is 0 Å². The molecule has 7 heteroatoms. The van der Waals surface area contributed by atoms with Gasteiger partial charge in [0, 0.05) is 10.8 Å². The average Bonchev–Trinajstić information content (AvgIpc) is 2.38. The van der Waals surface area contributed by atoms with Crippen molar-refractivity contribution in [3.63, 3.8) is 0 Å². The van der Waals surface area contributed by atoms with Gasteiger partial charge >= 0.3 is 0 Å². The van der Waals surface area contributed by atoms with Gasteiger partial charge in [-0.3, -0.25) is 0 Å². The minimum atomic E-state index is -1.66. The first-order chi connectivity index (χ1) is 8.99. The van der Waals surface area contributed by atoms with E-state index in [4.69, 9.17) is 11.6 Å². The van der Waals surface area contributed by atoms with Gasteiger partial charge in [0.05, 0.1) is 4.90 Å². The predicted molar refractivity (Wildman–Crippen MR) is 65.1 cm³/mol. The zero-order chi connectivity index (χ0) is 14.0. The summed E-state index contributed by atoms with van der Waals surface area (Å²) >= 11 is 6.33. The third kappa shape index (κ3) is 3.19. The average molecular weight is 308 g/mol. The van der Waals surface area contributed by atoms with Crippen molar-refractivity contribution in [2.75, 3.05) is 0 Å². The van der Waals surface area contributed by atoms with E-state index in [9.17, 15) is 17.6 Å². The highest BCUT2D eigenvalue weighted by molar-refractivity contribution is 7.98. The van der Waals surface area contributed by atoms with Crippen molar-refractivity contribution in [3.8, 4) is 0 Å². The molecule has 0 unspecified atom stereocenters. The number of hydrogen-bond donors (Lipinski definition) is 0. The fourth-order valence-corrected chi connectivity index (χ4v) is 2.38. The Labute approximate surface area is 115 Å². The van der Waals surface area contributed by atoms with Gasteiger partial charge in [-0.25, -0.2) is 8.78 Å². The van der Waals surface area contributed by atoms with Crippen molar-refractivity contribution >= 4 is 23.4 Å². The van der Waals surface area contributed by atoms with Crippen molar-refractivity contribution in [1.29, 1.82) is 0 Å². The van der Waals surface area contributed by atoms with E-state index in [0.29, 0.717) is 22.3 Å². The molecule has 100 valence electrons. The third-order valence-electron chi connectivity index (χ3n) is 2.25. The molecule has 1 heterocycles. The summed E-state index contributed by atoms with van der Waals surface area (Å²) in [5.74, 6) is -6.14. The number of benzene rings is 1. The number of aromatic nitrogens is 1. The minimum absolute atomic E-state index is 0.147. The van der Waals surface area contributed by atoms with E-state index in [-0.39, 0.29) is 5.75 Å². The molecule has 0 radical (unpaired) electrons. The minimum Gasteiger partial charge on any atom is -0.201 e. The van der Waals surface area contributed by atoms with Crippen LogP contribution in [0.5, 0.6) is 0 Å². The van der Waals surface area contributed by atoms with Crippen LogP contribution >= 0.6 is 23.4 Å². The van der Waals surface area contributed by atoms with Crippen LogP contribution in [-0.4, -0.2) is 4.98 Å². The van der Waals surface area contributed by atoms with Crippen LogP contribution in [0, 0.1) is 23.5 Å². The van der Waals surface area contributed by atoms with Crippen LogP contribution in [-0.2, 0) is 5.75 Å². The second-order valence-electron chi connectivity index (χ2n) is 3.57. The Balaban J connectivity index is 2.22. The standard InChI is InChI=1S/C12H6ClF4NS/c13-7-3-1-6(2-4-7)5-19-10-8(14)11(16)18-12(17)9(10)15/h1-4H,5H2. The highest BCUT2D eigenvalue weighted by Gasteiger charge is 2.20. The first-order valence-corrected chi connectivity index (χ1v) is 6.42. The lowest BCUT2D eigenvalue weighted by Crippen LogP contribution is -2.02. The van der Waals surface area contributed by atoms with E-state index in [0.717, 1.165) is 0 Å². The summed E-state index contributed by atoms with van der Waals surface area (Å²) in [4.78, 5) is 1.76. The van der Waals surface area contributed by atoms with Gasteiger partial charge in [-0.2, -0.15) is 13.8 Å². The lowest BCUT2D eigenvalue weighted by atomic mass is 10.2. The normalized spacial score (nSPS) is 10.8. The Hall–Kier alpha value is -1.27. The lowest BCUT2D eigenvalue weighted by molar-refractivity contribution is 0.383. The zero-order valence-electron chi connectivity index (χ0n) is 9.26. The third-order valence-corrected chi connectivity index (χ3v) is 3.63. The maximum atomic E-state index is 13.3. The van der Waals surface area contributed by atoms with Crippen molar-refractivity contribution in [3.05, 3.63) is 58.4 Å². The molecule has 0 fully saturated rings. The molecule has 0 bridgehead atoms. The molecule has 2 aromatic rings.